The van der Waals surface area contributed by atoms with E-state index in [1.54, 1.807) is 27.7 Å². The van der Waals surface area contributed by atoms with Gasteiger partial charge in [-0.1, -0.05) is 58.0 Å². The van der Waals surface area contributed by atoms with Crippen LogP contribution in [0.25, 0.3) is 0 Å². The number of carbonyl (C=O) groups excluding carboxylic acids is 3. The van der Waals surface area contributed by atoms with Gasteiger partial charge in [0.25, 0.3) is 0 Å². The van der Waals surface area contributed by atoms with Crippen LogP contribution in [0.4, 0.5) is 0 Å². The van der Waals surface area contributed by atoms with Crippen LogP contribution in [0.5, 0.6) is 0 Å². The number of amides is 3. The lowest BCUT2D eigenvalue weighted by Crippen LogP contribution is -2.59. The summed E-state index contributed by atoms with van der Waals surface area (Å²) in [5, 5.41) is 16.9. The van der Waals surface area contributed by atoms with E-state index in [1.807, 2.05) is 30.3 Å². The van der Waals surface area contributed by atoms with Crippen molar-refractivity contribution in [3.63, 3.8) is 0 Å². The van der Waals surface area contributed by atoms with Gasteiger partial charge in [0.2, 0.25) is 17.7 Å². The highest BCUT2D eigenvalue weighted by Gasteiger charge is 2.31. The number of carboxylic acid groups (broad SMARTS) is 1. The number of hydrogen-bond acceptors (Lipinski definition) is 6. The van der Waals surface area contributed by atoms with Crippen molar-refractivity contribution in [3.8, 4) is 0 Å². The van der Waals surface area contributed by atoms with Crippen LogP contribution < -0.4 is 21.7 Å². The first-order chi connectivity index (χ1) is 15.0. The Labute approximate surface area is 194 Å². The first-order valence-electron chi connectivity index (χ1n) is 10.5. The predicted octanol–water partition coefficient (Wildman–Crippen LogP) is 0.337. The maximum Gasteiger partial charge on any atom is 0.326 e. The quantitative estimate of drug-likeness (QED) is 0.245. The fraction of sp³-hybridized carbons (Fsp3) is 0.545. The van der Waals surface area contributed by atoms with Crippen LogP contribution >= 0.6 is 12.6 Å². The zero-order valence-electron chi connectivity index (χ0n) is 18.9. The van der Waals surface area contributed by atoms with Gasteiger partial charge in [0, 0.05) is 5.75 Å². The average molecular weight is 467 g/mol. The van der Waals surface area contributed by atoms with E-state index in [9.17, 15) is 24.3 Å². The molecule has 9 nitrogen and oxygen atoms in total. The fourth-order valence-corrected chi connectivity index (χ4v) is 3.24. The highest BCUT2D eigenvalue weighted by Crippen LogP contribution is 2.07. The van der Waals surface area contributed by atoms with Crippen LogP contribution in [-0.4, -0.2) is 58.7 Å². The van der Waals surface area contributed by atoms with E-state index in [1.165, 1.54) is 0 Å². The molecule has 1 aromatic carbocycles. The Balaban J connectivity index is 2.80. The van der Waals surface area contributed by atoms with Gasteiger partial charge >= 0.3 is 5.97 Å². The first kappa shape index (κ1) is 27.4. The molecule has 0 bridgehead atoms. The van der Waals surface area contributed by atoms with Crippen LogP contribution in [0.3, 0.4) is 0 Å². The third-order valence-electron chi connectivity index (χ3n) is 4.93. The number of carbonyl (C=O) groups is 4. The number of thiol groups is 1. The molecular weight excluding hydrogens is 432 g/mol. The van der Waals surface area contributed by atoms with E-state index >= 15 is 0 Å². The molecule has 4 atom stereocenters. The molecule has 0 radical (unpaired) electrons. The van der Waals surface area contributed by atoms with Crippen LogP contribution in [-0.2, 0) is 25.6 Å². The summed E-state index contributed by atoms with van der Waals surface area (Å²) >= 11 is 4.10. The summed E-state index contributed by atoms with van der Waals surface area (Å²) in [5.74, 6) is -3.57. The molecule has 0 aromatic heterocycles. The summed E-state index contributed by atoms with van der Waals surface area (Å²) in [6, 6.07) is 5.33. The number of nitrogens with one attached hydrogen (secondary N) is 3. The highest BCUT2D eigenvalue weighted by molar-refractivity contribution is 7.80. The summed E-state index contributed by atoms with van der Waals surface area (Å²) in [7, 11) is 0. The molecular formula is C22H34N4O5S. The van der Waals surface area contributed by atoms with E-state index in [0.29, 0.717) is 6.42 Å². The van der Waals surface area contributed by atoms with Crippen molar-refractivity contribution >= 4 is 36.3 Å². The smallest absolute Gasteiger partial charge is 0.326 e. The Kier molecular flexibility index (Phi) is 11.2. The first-order valence-corrected chi connectivity index (χ1v) is 11.1. The lowest BCUT2D eigenvalue weighted by Gasteiger charge is -2.27. The molecule has 0 spiro atoms. The highest BCUT2D eigenvalue weighted by atomic mass is 32.1. The number of carboxylic acids is 1. The predicted molar refractivity (Wildman–Crippen MR) is 125 cm³/mol. The lowest BCUT2D eigenvalue weighted by molar-refractivity contribution is -0.143. The van der Waals surface area contributed by atoms with Gasteiger partial charge < -0.3 is 26.8 Å². The van der Waals surface area contributed by atoms with Gasteiger partial charge in [-0.3, -0.25) is 14.4 Å². The molecule has 1 rings (SSSR count). The second kappa shape index (κ2) is 13.1. The van der Waals surface area contributed by atoms with E-state index in [-0.39, 0.29) is 17.6 Å². The Hall–Kier alpha value is -2.59. The third kappa shape index (κ3) is 8.51. The fourth-order valence-electron chi connectivity index (χ4n) is 2.98. The zero-order chi connectivity index (χ0) is 24.4. The van der Waals surface area contributed by atoms with E-state index < -0.39 is 47.9 Å². The maximum atomic E-state index is 12.8. The minimum Gasteiger partial charge on any atom is -0.480 e. The van der Waals surface area contributed by atoms with Crippen LogP contribution in [0.1, 0.15) is 33.3 Å². The van der Waals surface area contributed by atoms with Gasteiger partial charge in [-0.05, 0) is 23.8 Å². The summed E-state index contributed by atoms with van der Waals surface area (Å²) in [5.41, 5.74) is 6.90. The van der Waals surface area contributed by atoms with Crippen molar-refractivity contribution in [3.05, 3.63) is 35.9 Å². The normalized spacial score (nSPS) is 14.9. The SMILES string of the molecule is CC(C)C(NC(=O)C(CS)NC(=O)C(NC(=O)C(N)Cc1ccccc1)C(C)C)C(=O)O. The maximum absolute atomic E-state index is 12.8. The topological polar surface area (TPSA) is 151 Å². The molecule has 0 aliphatic rings. The van der Waals surface area contributed by atoms with Crippen molar-refractivity contribution in [1.82, 2.24) is 16.0 Å². The number of hydrogen-bond donors (Lipinski definition) is 6. The zero-order valence-corrected chi connectivity index (χ0v) is 19.8. The molecule has 32 heavy (non-hydrogen) atoms. The molecule has 3 amide bonds. The second-order valence-corrected chi connectivity index (χ2v) is 8.70. The molecule has 0 heterocycles. The summed E-state index contributed by atoms with van der Waals surface area (Å²) in [4.78, 5) is 49.3. The van der Waals surface area contributed by atoms with Gasteiger partial charge in [-0.25, -0.2) is 4.79 Å². The van der Waals surface area contributed by atoms with Gasteiger partial charge in [0.05, 0.1) is 6.04 Å². The largest absolute Gasteiger partial charge is 0.480 e. The van der Waals surface area contributed by atoms with E-state index in [2.05, 4.69) is 28.6 Å². The van der Waals surface area contributed by atoms with Crippen LogP contribution in [0.2, 0.25) is 0 Å². The summed E-state index contributed by atoms with van der Waals surface area (Å²) in [6.45, 7) is 6.83. The van der Waals surface area contributed by atoms with E-state index in [0.717, 1.165) is 5.56 Å². The minimum atomic E-state index is -1.17. The van der Waals surface area contributed by atoms with E-state index in [4.69, 9.17) is 5.73 Å². The Bertz CT molecular complexity index is 788. The third-order valence-corrected chi connectivity index (χ3v) is 5.29. The van der Waals surface area contributed by atoms with Crippen molar-refractivity contribution < 1.29 is 24.3 Å². The Morgan fingerprint density at radius 1 is 0.875 bits per heavy atom. The molecule has 0 aliphatic carbocycles. The molecule has 0 fully saturated rings. The monoisotopic (exact) mass is 466 g/mol. The molecule has 178 valence electrons. The summed E-state index contributed by atoms with van der Waals surface area (Å²) < 4.78 is 0. The standard InChI is InChI=1S/C22H34N4O5S/c1-12(2)17(25-19(27)15(23)10-14-8-6-5-7-9-14)21(29)24-16(11-32)20(28)26-18(13(3)4)22(30)31/h5-9,12-13,15-18,32H,10-11,23H2,1-4H3,(H,24,29)(H,25,27)(H,26,28)(H,30,31). The van der Waals surface area contributed by atoms with Gasteiger partial charge in [-0.15, -0.1) is 0 Å². The summed E-state index contributed by atoms with van der Waals surface area (Å²) in [6.07, 6.45) is 0.312. The van der Waals surface area contributed by atoms with Crippen molar-refractivity contribution in [1.29, 1.82) is 0 Å². The number of aliphatic carboxylic acids is 1. The van der Waals surface area contributed by atoms with Crippen molar-refractivity contribution in [2.45, 2.75) is 58.3 Å². The van der Waals surface area contributed by atoms with Gasteiger partial charge in [0.1, 0.15) is 18.1 Å². The minimum absolute atomic E-state index is 0.0473. The van der Waals surface area contributed by atoms with Crippen LogP contribution in [0, 0.1) is 11.8 Å². The molecule has 0 saturated carbocycles. The molecule has 0 aliphatic heterocycles. The molecule has 1 aromatic rings. The van der Waals surface area contributed by atoms with Crippen LogP contribution in [0.15, 0.2) is 30.3 Å². The number of rotatable bonds is 12. The Morgan fingerprint density at radius 2 is 1.41 bits per heavy atom. The lowest BCUT2D eigenvalue weighted by atomic mass is 10.0. The van der Waals surface area contributed by atoms with Gasteiger partial charge in [-0.2, -0.15) is 12.6 Å². The Morgan fingerprint density at radius 3 is 1.88 bits per heavy atom. The van der Waals surface area contributed by atoms with Gasteiger partial charge in [0.15, 0.2) is 0 Å². The van der Waals surface area contributed by atoms with Crippen molar-refractivity contribution in [2.75, 3.05) is 5.75 Å². The number of benzene rings is 1. The molecule has 4 unspecified atom stereocenters. The number of nitrogens with two attached hydrogens (primary N) is 1. The van der Waals surface area contributed by atoms with Crippen molar-refractivity contribution in [2.24, 2.45) is 17.6 Å². The molecule has 10 heteroatoms. The molecule has 0 saturated heterocycles. The molecule has 6 N–H and O–H groups in total. The second-order valence-electron chi connectivity index (χ2n) is 8.34. The average Bonchev–Trinajstić information content (AvgIpc) is 2.73.